The van der Waals surface area contributed by atoms with Gasteiger partial charge in [0.05, 0.1) is 18.6 Å². The first kappa shape index (κ1) is 21.7. The third-order valence-corrected chi connectivity index (χ3v) is 5.47. The van der Waals surface area contributed by atoms with Crippen molar-refractivity contribution in [2.75, 3.05) is 39.5 Å². The number of hydrogen-bond donors (Lipinski definition) is 3. The van der Waals surface area contributed by atoms with E-state index in [1.165, 1.54) is 19.3 Å². The molecule has 1 aliphatic heterocycles. The minimum atomic E-state index is -3.28. The summed E-state index contributed by atoms with van der Waals surface area (Å²) in [4.78, 5) is 6.70. The Bertz CT molecular complexity index is 695. The quantitative estimate of drug-likeness (QED) is 0.450. The van der Waals surface area contributed by atoms with Gasteiger partial charge in [0, 0.05) is 25.7 Å². The van der Waals surface area contributed by atoms with E-state index >= 15 is 0 Å². The molecule has 1 saturated heterocycles. The van der Waals surface area contributed by atoms with Crippen LogP contribution in [0.3, 0.4) is 0 Å². The molecule has 27 heavy (non-hydrogen) atoms. The molecule has 3 N–H and O–H groups in total. The monoisotopic (exact) mass is 399 g/mol. The van der Waals surface area contributed by atoms with Crippen LogP contribution in [0.5, 0.6) is 0 Å². The second kappa shape index (κ2) is 9.57. The summed E-state index contributed by atoms with van der Waals surface area (Å²) in [6.07, 6.45) is 6.55. The third-order valence-electron chi connectivity index (χ3n) is 4.55. The summed E-state index contributed by atoms with van der Waals surface area (Å²) in [6, 6.07) is 4.07. The van der Waals surface area contributed by atoms with Gasteiger partial charge in [-0.1, -0.05) is 6.42 Å². The highest BCUT2D eigenvalue weighted by Crippen LogP contribution is 2.24. The zero-order valence-electron chi connectivity index (χ0n) is 16.8. The maximum absolute atomic E-state index is 11.5. The summed E-state index contributed by atoms with van der Waals surface area (Å²) in [6.45, 7) is 6.85. The Balaban J connectivity index is 1.94. The Kier molecular flexibility index (Phi) is 7.69. The Labute approximate surface area is 162 Å². The van der Waals surface area contributed by atoms with Crippen LogP contribution in [0.15, 0.2) is 27.8 Å². The maximum atomic E-state index is 11.5. The van der Waals surface area contributed by atoms with Crippen LogP contribution in [0.1, 0.15) is 44.9 Å². The summed E-state index contributed by atoms with van der Waals surface area (Å²) in [5.74, 6) is 1.57. The molecule has 0 spiro atoms. The van der Waals surface area contributed by atoms with Gasteiger partial charge >= 0.3 is 0 Å². The predicted octanol–water partition coefficient (Wildman–Crippen LogP) is 1.30. The summed E-state index contributed by atoms with van der Waals surface area (Å²) in [5.41, 5.74) is -0.627. The van der Waals surface area contributed by atoms with Crippen molar-refractivity contribution < 1.29 is 12.8 Å². The Morgan fingerprint density at radius 3 is 2.56 bits per heavy atom. The van der Waals surface area contributed by atoms with E-state index in [1.54, 1.807) is 13.3 Å². The molecular formula is C18H33N5O3S. The van der Waals surface area contributed by atoms with Gasteiger partial charge in [-0.25, -0.2) is 13.1 Å². The highest BCUT2D eigenvalue weighted by molar-refractivity contribution is 7.88. The van der Waals surface area contributed by atoms with Gasteiger partial charge in [0.2, 0.25) is 10.0 Å². The zero-order chi connectivity index (χ0) is 19.9. The first-order valence-electron chi connectivity index (χ1n) is 9.41. The highest BCUT2D eigenvalue weighted by atomic mass is 32.2. The van der Waals surface area contributed by atoms with Gasteiger partial charge in [-0.05, 0) is 51.9 Å². The molecule has 2 heterocycles. The fourth-order valence-corrected chi connectivity index (χ4v) is 4.45. The summed E-state index contributed by atoms with van der Waals surface area (Å²) < 4.78 is 31.2. The molecule has 1 atom stereocenters. The van der Waals surface area contributed by atoms with E-state index in [1.807, 2.05) is 26.0 Å². The Morgan fingerprint density at radius 2 is 2.00 bits per heavy atom. The van der Waals surface area contributed by atoms with E-state index in [4.69, 9.17) is 4.42 Å². The topological polar surface area (TPSA) is 99.0 Å². The standard InChI is InChI=1S/C18H33N5O3S/c1-18(2,22-27(4,24)25)14-21-17(19-3)20-13-15(16-9-8-12-26-16)23-10-6-5-7-11-23/h8-9,12,15,22H,5-7,10-11,13-14H2,1-4H3,(H2,19,20,21). The molecule has 1 fully saturated rings. The lowest BCUT2D eigenvalue weighted by atomic mass is 10.1. The SMILES string of the molecule is CN=C(NCC(c1ccco1)N1CCCCC1)NCC(C)(C)NS(C)(=O)=O. The fraction of sp³-hybridized carbons (Fsp3) is 0.722. The number of hydrogen-bond acceptors (Lipinski definition) is 5. The van der Waals surface area contributed by atoms with Crippen LogP contribution in [0, 0.1) is 0 Å². The van der Waals surface area contributed by atoms with E-state index < -0.39 is 15.6 Å². The molecule has 1 aliphatic rings. The van der Waals surface area contributed by atoms with Crippen molar-refractivity contribution in [2.45, 2.75) is 44.7 Å². The fourth-order valence-electron chi connectivity index (χ4n) is 3.38. The smallest absolute Gasteiger partial charge is 0.209 e. The number of nitrogens with zero attached hydrogens (tertiary/aromatic N) is 2. The van der Waals surface area contributed by atoms with Crippen molar-refractivity contribution in [3.63, 3.8) is 0 Å². The van der Waals surface area contributed by atoms with Crippen LogP contribution in [-0.2, 0) is 10.0 Å². The molecule has 154 valence electrons. The van der Waals surface area contributed by atoms with Gasteiger partial charge in [-0.15, -0.1) is 0 Å². The molecule has 1 aromatic heterocycles. The first-order valence-corrected chi connectivity index (χ1v) is 11.3. The Morgan fingerprint density at radius 1 is 1.30 bits per heavy atom. The molecule has 0 aliphatic carbocycles. The van der Waals surface area contributed by atoms with Gasteiger partial charge in [0.1, 0.15) is 5.76 Å². The normalized spacial score (nSPS) is 18.3. The number of aliphatic imine (C=N–C) groups is 1. The van der Waals surface area contributed by atoms with Gasteiger partial charge < -0.3 is 15.1 Å². The number of nitrogens with one attached hydrogen (secondary N) is 3. The molecule has 0 aromatic carbocycles. The van der Waals surface area contributed by atoms with E-state index in [-0.39, 0.29) is 6.04 Å². The second-order valence-corrected chi connectivity index (χ2v) is 9.44. The van der Waals surface area contributed by atoms with Crippen LogP contribution >= 0.6 is 0 Å². The summed E-state index contributed by atoms with van der Waals surface area (Å²) >= 11 is 0. The molecular weight excluding hydrogens is 366 g/mol. The number of guanidine groups is 1. The van der Waals surface area contributed by atoms with E-state index in [0.717, 1.165) is 25.1 Å². The van der Waals surface area contributed by atoms with Crippen molar-refractivity contribution in [3.8, 4) is 0 Å². The number of sulfonamides is 1. The second-order valence-electron chi connectivity index (χ2n) is 7.69. The van der Waals surface area contributed by atoms with Crippen LogP contribution in [0.2, 0.25) is 0 Å². The molecule has 8 nitrogen and oxygen atoms in total. The van der Waals surface area contributed by atoms with E-state index in [9.17, 15) is 8.42 Å². The molecule has 0 bridgehead atoms. The molecule has 0 saturated carbocycles. The first-order chi connectivity index (χ1) is 12.7. The number of rotatable bonds is 8. The lowest BCUT2D eigenvalue weighted by Crippen LogP contribution is -2.53. The number of likely N-dealkylation sites (tertiary alicyclic amines) is 1. The van der Waals surface area contributed by atoms with Crippen molar-refractivity contribution in [1.29, 1.82) is 0 Å². The molecule has 1 unspecified atom stereocenters. The Hall–Kier alpha value is -1.58. The molecule has 2 rings (SSSR count). The maximum Gasteiger partial charge on any atom is 0.209 e. The van der Waals surface area contributed by atoms with Crippen molar-refractivity contribution in [3.05, 3.63) is 24.2 Å². The largest absolute Gasteiger partial charge is 0.468 e. The van der Waals surface area contributed by atoms with Crippen LogP contribution in [0.25, 0.3) is 0 Å². The average Bonchev–Trinajstić information content (AvgIpc) is 3.11. The van der Waals surface area contributed by atoms with Crippen LogP contribution in [0.4, 0.5) is 0 Å². The van der Waals surface area contributed by atoms with Gasteiger partial charge in [0.15, 0.2) is 5.96 Å². The lowest BCUT2D eigenvalue weighted by molar-refractivity contribution is 0.146. The van der Waals surface area contributed by atoms with E-state index in [0.29, 0.717) is 19.0 Å². The van der Waals surface area contributed by atoms with Crippen LogP contribution in [-0.4, -0.2) is 64.3 Å². The number of piperidine rings is 1. The van der Waals surface area contributed by atoms with Crippen molar-refractivity contribution in [1.82, 2.24) is 20.3 Å². The molecule has 0 radical (unpaired) electrons. The third kappa shape index (κ3) is 7.51. The molecule has 0 amide bonds. The van der Waals surface area contributed by atoms with E-state index in [2.05, 4.69) is 25.2 Å². The zero-order valence-corrected chi connectivity index (χ0v) is 17.6. The highest BCUT2D eigenvalue weighted by Gasteiger charge is 2.25. The summed E-state index contributed by atoms with van der Waals surface area (Å²) in [7, 11) is -1.57. The van der Waals surface area contributed by atoms with Gasteiger partial charge in [0.25, 0.3) is 0 Å². The van der Waals surface area contributed by atoms with Crippen molar-refractivity contribution in [2.24, 2.45) is 4.99 Å². The molecule has 9 heteroatoms. The average molecular weight is 400 g/mol. The summed E-state index contributed by atoms with van der Waals surface area (Å²) in [5, 5.41) is 6.55. The number of furan rings is 1. The van der Waals surface area contributed by atoms with Crippen molar-refractivity contribution >= 4 is 16.0 Å². The van der Waals surface area contributed by atoms with Crippen LogP contribution < -0.4 is 15.4 Å². The van der Waals surface area contributed by atoms with Gasteiger partial charge in [-0.2, -0.15) is 0 Å². The predicted molar refractivity (Wildman–Crippen MR) is 108 cm³/mol. The minimum Gasteiger partial charge on any atom is -0.468 e. The lowest BCUT2D eigenvalue weighted by Gasteiger charge is -2.34. The van der Waals surface area contributed by atoms with Gasteiger partial charge in [-0.3, -0.25) is 9.89 Å². The molecule has 1 aromatic rings. The minimum absolute atomic E-state index is 0.140.